The molecule has 0 aromatic carbocycles. The molecule has 0 bridgehead atoms. The number of ether oxygens (including phenoxy) is 1. The number of Topliss-reactive ketones (excluding diaryl/α,β-unsaturated/α-hetero) is 1. The van der Waals surface area contributed by atoms with Crippen LogP contribution in [0.5, 0.6) is 0 Å². The number of ketones is 1. The second-order valence-corrected chi connectivity index (χ2v) is 4.33. The molecule has 3 heteroatoms. The van der Waals surface area contributed by atoms with Crippen molar-refractivity contribution < 1.29 is 9.53 Å². The van der Waals surface area contributed by atoms with Gasteiger partial charge in [0.15, 0.2) is 5.78 Å². The molecule has 1 aliphatic rings. The number of piperidine rings is 1. The van der Waals surface area contributed by atoms with Crippen LogP contribution in [0.2, 0.25) is 0 Å². The van der Waals surface area contributed by atoms with Crippen LogP contribution >= 0.6 is 0 Å². The molecule has 88 valence electrons. The lowest BCUT2D eigenvalue weighted by Crippen LogP contribution is -2.50. The third-order valence-electron chi connectivity index (χ3n) is 3.34. The molecular formula is C12H23NO2. The predicted octanol–water partition coefficient (Wildman–Crippen LogP) is 1.86. The lowest BCUT2D eigenvalue weighted by Gasteiger charge is -2.39. The highest BCUT2D eigenvalue weighted by molar-refractivity contribution is 5.85. The molecule has 1 fully saturated rings. The maximum atomic E-state index is 11.7. The van der Waals surface area contributed by atoms with Crippen molar-refractivity contribution >= 4 is 5.78 Å². The Kier molecular flexibility index (Phi) is 4.74. The Morgan fingerprint density at radius 3 is 2.33 bits per heavy atom. The second kappa shape index (κ2) is 5.61. The fourth-order valence-electron chi connectivity index (χ4n) is 2.13. The summed E-state index contributed by atoms with van der Waals surface area (Å²) < 4.78 is 5.80. The molecule has 15 heavy (non-hydrogen) atoms. The van der Waals surface area contributed by atoms with Crippen molar-refractivity contribution in [1.82, 2.24) is 4.90 Å². The average molecular weight is 213 g/mol. The van der Waals surface area contributed by atoms with E-state index < -0.39 is 5.60 Å². The van der Waals surface area contributed by atoms with Gasteiger partial charge < -0.3 is 9.64 Å². The zero-order valence-electron chi connectivity index (χ0n) is 10.2. The van der Waals surface area contributed by atoms with Crippen molar-refractivity contribution in [2.45, 2.75) is 45.6 Å². The van der Waals surface area contributed by atoms with Gasteiger partial charge in [-0.15, -0.1) is 0 Å². The highest BCUT2D eigenvalue weighted by atomic mass is 16.5. The fraction of sp³-hybridized carbons (Fsp3) is 0.917. The zero-order chi connectivity index (χ0) is 11.3. The van der Waals surface area contributed by atoms with Gasteiger partial charge in [0.25, 0.3) is 0 Å². The van der Waals surface area contributed by atoms with Gasteiger partial charge in [-0.3, -0.25) is 4.79 Å². The monoisotopic (exact) mass is 213 g/mol. The summed E-state index contributed by atoms with van der Waals surface area (Å²) in [6.45, 7) is 9.65. The van der Waals surface area contributed by atoms with Gasteiger partial charge in [-0.05, 0) is 32.7 Å². The van der Waals surface area contributed by atoms with Gasteiger partial charge >= 0.3 is 0 Å². The molecule has 0 saturated carbocycles. The Labute approximate surface area is 92.8 Å². The van der Waals surface area contributed by atoms with Crippen molar-refractivity contribution in [3.8, 4) is 0 Å². The molecule has 0 aliphatic carbocycles. The van der Waals surface area contributed by atoms with Crippen LogP contribution in [0.3, 0.4) is 0 Å². The average Bonchev–Trinajstić information content (AvgIpc) is 2.27. The highest BCUT2D eigenvalue weighted by Crippen LogP contribution is 2.27. The summed E-state index contributed by atoms with van der Waals surface area (Å²) in [6, 6.07) is 0. The van der Waals surface area contributed by atoms with E-state index >= 15 is 0 Å². The quantitative estimate of drug-likeness (QED) is 0.698. The summed E-state index contributed by atoms with van der Waals surface area (Å²) in [4.78, 5) is 14.0. The molecule has 0 N–H and O–H groups in total. The molecule has 3 nitrogen and oxygen atoms in total. The fourth-order valence-corrected chi connectivity index (χ4v) is 2.13. The van der Waals surface area contributed by atoms with Crippen molar-refractivity contribution in [2.24, 2.45) is 0 Å². The molecule has 1 rings (SSSR count). The van der Waals surface area contributed by atoms with Gasteiger partial charge in [-0.25, -0.2) is 0 Å². The lowest BCUT2D eigenvalue weighted by atomic mass is 9.87. The first kappa shape index (κ1) is 12.7. The van der Waals surface area contributed by atoms with E-state index in [1.165, 1.54) is 0 Å². The topological polar surface area (TPSA) is 29.5 Å². The number of hydrogen-bond donors (Lipinski definition) is 0. The van der Waals surface area contributed by atoms with Gasteiger partial charge in [-0.2, -0.15) is 0 Å². The summed E-state index contributed by atoms with van der Waals surface area (Å²) in [7, 11) is 0. The van der Waals surface area contributed by atoms with Crippen molar-refractivity contribution in [1.29, 1.82) is 0 Å². The third kappa shape index (κ3) is 3.02. The first-order valence-electron chi connectivity index (χ1n) is 6.02. The van der Waals surface area contributed by atoms with E-state index in [-0.39, 0.29) is 5.78 Å². The van der Waals surface area contributed by atoms with Gasteiger partial charge in [-0.1, -0.05) is 13.8 Å². The first-order valence-corrected chi connectivity index (χ1v) is 6.02. The van der Waals surface area contributed by atoms with Gasteiger partial charge in [0.1, 0.15) is 5.60 Å². The smallest absolute Gasteiger partial charge is 0.161 e. The SMILES string of the molecule is CCCOC1(C(C)=O)CCN(CC)CC1. The number of carbonyl (C=O) groups is 1. The number of likely N-dealkylation sites (tertiary alicyclic amines) is 1. The third-order valence-corrected chi connectivity index (χ3v) is 3.34. The van der Waals surface area contributed by atoms with E-state index in [1.807, 2.05) is 0 Å². The summed E-state index contributed by atoms with van der Waals surface area (Å²) in [5.74, 6) is 0.201. The van der Waals surface area contributed by atoms with Crippen LogP contribution in [0.1, 0.15) is 40.0 Å². The maximum Gasteiger partial charge on any atom is 0.161 e. The molecule has 0 spiro atoms. The van der Waals surface area contributed by atoms with E-state index in [0.29, 0.717) is 6.61 Å². The molecule has 1 saturated heterocycles. The van der Waals surface area contributed by atoms with E-state index in [0.717, 1.165) is 38.9 Å². The molecule has 0 aromatic heterocycles. The number of rotatable bonds is 5. The van der Waals surface area contributed by atoms with E-state index in [9.17, 15) is 4.79 Å². The number of carbonyl (C=O) groups excluding carboxylic acids is 1. The van der Waals surface area contributed by atoms with Crippen molar-refractivity contribution in [2.75, 3.05) is 26.2 Å². The van der Waals surface area contributed by atoms with E-state index in [2.05, 4.69) is 18.7 Å². The van der Waals surface area contributed by atoms with Gasteiger partial charge in [0, 0.05) is 19.7 Å². The molecule has 0 unspecified atom stereocenters. The zero-order valence-corrected chi connectivity index (χ0v) is 10.2. The minimum Gasteiger partial charge on any atom is -0.367 e. The first-order chi connectivity index (χ1) is 7.14. The van der Waals surface area contributed by atoms with Crippen LogP contribution in [0, 0.1) is 0 Å². The van der Waals surface area contributed by atoms with Gasteiger partial charge in [0.05, 0.1) is 0 Å². The standard InChI is InChI=1S/C12H23NO2/c1-4-10-15-12(11(3)14)6-8-13(5-2)9-7-12/h4-10H2,1-3H3. The Bertz CT molecular complexity index is 208. The molecular weight excluding hydrogens is 190 g/mol. The largest absolute Gasteiger partial charge is 0.367 e. The van der Waals surface area contributed by atoms with Crippen LogP contribution in [-0.2, 0) is 9.53 Å². The Morgan fingerprint density at radius 1 is 1.33 bits per heavy atom. The van der Waals surface area contributed by atoms with Crippen LogP contribution in [0.25, 0.3) is 0 Å². The predicted molar refractivity (Wildman–Crippen MR) is 61.0 cm³/mol. The summed E-state index contributed by atoms with van der Waals surface area (Å²) in [5, 5.41) is 0. The summed E-state index contributed by atoms with van der Waals surface area (Å²) >= 11 is 0. The second-order valence-electron chi connectivity index (χ2n) is 4.33. The minimum absolute atomic E-state index is 0.201. The van der Waals surface area contributed by atoms with Crippen LogP contribution in [-0.4, -0.2) is 42.5 Å². The van der Waals surface area contributed by atoms with Crippen LogP contribution in [0.4, 0.5) is 0 Å². The van der Waals surface area contributed by atoms with Gasteiger partial charge in [0.2, 0.25) is 0 Å². The Hall–Kier alpha value is -0.410. The molecule has 0 radical (unpaired) electrons. The van der Waals surface area contributed by atoms with Crippen molar-refractivity contribution in [3.05, 3.63) is 0 Å². The number of hydrogen-bond acceptors (Lipinski definition) is 3. The highest BCUT2D eigenvalue weighted by Gasteiger charge is 2.39. The Balaban J connectivity index is 2.56. The summed E-state index contributed by atoms with van der Waals surface area (Å²) in [5.41, 5.74) is -0.471. The normalized spacial score (nSPS) is 21.5. The number of nitrogens with zero attached hydrogens (tertiary/aromatic N) is 1. The maximum absolute atomic E-state index is 11.7. The molecule has 1 aliphatic heterocycles. The van der Waals surface area contributed by atoms with Crippen molar-refractivity contribution in [3.63, 3.8) is 0 Å². The molecule has 0 aromatic rings. The van der Waals surface area contributed by atoms with E-state index in [4.69, 9.17) is 4.74 Å². The molecule has 0 atom stereocenters. The van der Waals surface area contributed by atoms with Crippen LogP contribution < -0.4 is 0 Å². The molecule has 0 amide bonds. The Morgan fingerprint density at radius 2 is 1.93 bits per heavy atom. The lowest BCUT2D eigenvalue weighted by molar-refractivity contribution is -0.149. The summed E-state index contributed by atoms with van der Waals surface area (Å²) in [6.07, 6.45) is 2.69. The van der Waals surface area contributed by atoms with E-state index in [1.54, 1.807) is 6.92 Å². The van der Waals surface area contributed by atoms with Crippen LogP contribution in [0.15, 0.2) is 0 Å². The minimum atomic E-state index is -0.471. The molecule has 1 heterocycles.